The molecule has 1 unspecified atom stereocenters. The number of hydrogen-bond donors (Lipinski definition) is 2. The highest BCUT2D eigenvalue weighted by Crippen LogP contribution is 2.39. The Morgan fingerprint density at radius 1 is 1.35 bits per heavy atom. The van der Waals surface area contributed by atoms with Gasteiger partial charge >= 0.3 is 0 Å². The minimum Gasteiger partial charge on any atom is -0.383 e. The van der Waals surface area contributed by atoms with Gasteiger partial charge in [-0.1, -0.05) is 6.07 Å². The van der Waals surface area contributed by atoms with Crippen LogP contribution in [0.5, 0.6) is 0 Å². The Morgan fingerprint density at radius 2 is 2.15 bits per heavy atom. The lowest BCUT2D eigenvalue weighted by Crippen LogP contribution is -2.12. The van der Waals surface area contributed by atoms with Crippen LogP contribution in [0.2, 0.25) is 0 Å². The summed E-state index contributed by atoms with van der Waals surface area (Å²) in [6.45, 7) is 4.04. The van der Waals surface area contributed by atoms with Gasteiger partial charge < -0.3 is 11.1 Å². The molecule has 0 aromatic carbocycles. The van der Waals surface area contributed by atoms with Crippen molar-refractivity contribution in [1.82, 2.24) is 15.0 Å². The maximum Gasteiger partial charge on any atom is 0.136 e. The molecule has 0 radical (unpaired) electrons. The monoisotopic (exact) mass is 269 g/mol. The predicted octanol–water partition coefficient (Wildman–Crippen LogP) is 2.81. The Morgan fingerprint density at radius 3 is 2.80 bits per heavy atom. The molecule has 20 heavy (non-hydrogen) atoms. The van der Waals surface area contributed by atoms with Gasteiger partial charge in [0.2, 0.25) is 0 Å². The number of anilines is 2. The molecule has 5 nitrogen and oxygen atoms in total. The second-order valence-corrected chi connectivity index (χ2v) is 5.37. The van der Waals surface area contributed by atoms with Crippen LogP contribution >= 0.6 is 0 Å². The highest BCUT2D eigenvalue weighted by atomic mass is 15.1. The van der Waals surface area contributed by atoms with E-state index in [1.165, 1.54) is 12.8 Å². The van der Waals surface area contributed by atoms with E-state index in [1.54, 1.807) is 6.20 Å². The standard InChI is InChI=1S/C15H19N5/c1-9-13(16)19-15(11-5-6-11)20-14(9)18-10(2)12-4-3-7-17-8-12/h3-4,7-8,10-11H,5-6H2,1-2H3,(H3,16,18,19,20). The molecule has 5 heteroatoms. The molecule has 2 aromatic heterocycles. The number of nitrogen functional groups attached to an aromatic ring is 1. The van der Waals surface area contributed by atoms with E-state index < -0.39 is 0 Å². The molecule has 1 saturated carbocycles. The molecule has 1 aliphatic rings. The van der Waals surface area contributed by atoms with Gasteiger partial charge in [0.05, 0.1) is 6.04 Å². The zero-order valence-electron chi connectivity index (χ0n) is 11.8. The summed E-state index contributed by atoms with van der Waals surface area (Å²) >= 11 is 0. The van der Waals surface area contributed by atoms with Crippen molar-refractivity contribution in [3.8, 4) is 0 Å². The van der Waals surface area contributed by atoms with Gasteiger partial charge in [0.1, 0.15) is 17.5 Å². The minimum absolute atomic E-state index is 0.128. The van der Waals surface area contributed by atoms with Gasteiger partial charge in [-0.3, -0.25) is 4.98 Å². The largest absolute Gasteiger partial charge is 0.383 e. The average molecular weight is 269 g/mol. The molecule has 0 bridgehead atoms. The van der Waals surface area contributed by atoms with Crippen LogP contribution in [0.25, 0.3) is 0 Å². The van der Waals surface area contributed by atoms with Gasteiger partial charge in [0.25, 0.3) is 0 Å². The molecule has 3 rings (SSSR count). The lowest BCUT2D eigenvalue weighted by atomic mass is 10.1. The van der Waals surface area contributed by atoms with Crippen LogP contribution in [0.4, 0.5) is 11.6 Å². The van der Waals surface area contributed by atoms with Crippen molar-refractivity contribution >= 4 is 11.6 Å². The summed E-state index contributed by atoms with van der Waals surface area (Å²) in [5.74, 6) is 2.76. The fraction of sp³-hybridized carbons (Fsp3) is 0.400. The highest BCUT2D eigenvalue weighted by molar-refractivity contribution is 5.56. The van der Waals surface area contributed by atoms with Gasteiger partial charge in [-0.15, -0.1) is 0 Å². The molecular weight excluding hydrogens is 250 g/mol. The molecule has 2 aromatic rings. The van der Waals surface area contributed by atoms with Crippen LogP contribution in [0.15, 0.2) is 24.5 Å². The zero-order chi connectivity index (χ0) is 14.1. The summed E-state index contributed by atoms with van der Waals surface area (Å²) in [5, 5.41) is 3.42. The van der Waals surface area contributed by atoms with Crippen LogP contribution < -0.4 is 11.1 Å². The summed E-state index contributed by atoms with van der Waals surface area (Å²) in [7, 11) is 0. The van der Waals surface area contributed by atoms with Crippen molar-refractivity contribution in [2.45, 2.75) is 38.6 Å². The minimum atomic E-state index is 0.128. The topological polar surface area (TPSA) is 76.7 Å². The van der Waals surface area contributed by atoms with Crippen LogP contribution in [0.1, 0.15) is 48.7 Å². The summed E-state index contributed by atoms with van der Waals surface area (Å²) in [6.07, 6.45) is 5.97. The normalized spacial score (nSPS) is 15.9. The molecule has 2 heterocycles. The number of rotatable bonds is 4. The summed E-state index contributed by atoms with van der Waals surface area (Å²) in [6, 6.07) is 4.11. The number of nitrogens with zero attached hydrogens (tertiary/aromatic N) is 3. The summed E-state index contributed by atoms with van der Waals surface area (Å²) in [4.78, 5) is 13.2. The van der Waals surface area contributed by atoms with E-state index in [0.29, 0.717) is 11.7 Å². The van der Waals surface area contributed by atoms with Crippen molar-refractivity contribution in [1.29, 1.82) is 0 Å². The van der Waals surface area contributed by atoms with E-state index in [2.05, 4.69) is 27.2 Å². The van der Waals surface area contributed by atoms with Crippen LogP contribution in [0, 0.1) is 6.92 Å². The van der Waals surface area contributed by atoms with Crippen molar-refractivity contribution in [2.24, 2.45) is 0 Å². The lowest BCUT2D eigenvalue weighted by Gasteiger charge is -2.17. The van der Waals surface area contributed by atoms with Gasteiger partial charge in [-0.2, -0.15) is 0 Å². The van der Waals surface area contributed by atoms with E-state index in [0.717, 1.165) is 22.8 Å². The molecular formula is C15H19N5. The fourth-order valence-corrected chi connectivity index (χ4v) is 2.14. The maximum absolute atomic E-state index is 6.00. The van der Waals surface area contributed by atoms with Gasteiger partial charge in [-0.25, -0.2) is 9.97 Å². The smallest absolute Gasteiger partial charge is 0.136 e. The van der Waals surface area contributed by atoms with Gasteiger partial charge in [0, 0.05) is 23.9 Å². The van der Waals surface area contributed by atoms with Crippen molar-refractivity contribution < 1.29 is 0 Å². The Balaban J connectivity index is 1.86. The highest BCUT2D eigenvalue weighted by Gasteiger charge is 2.28. The molecule has 0 spiro atoms. The average Bonchev–Trinajstić information content (AvgIpc) is 3.29. The first-order chi connectivity index (χ1) is 9.65. The zero-order valence-corrected chi connectivity index (χ0v) is 11.8. The summed E-state index contributed by atoms with van der Waals surface area (Å²) < 4.78 is 0. The third-order valence-corrected chi connectivity index (χ3v) is 3.68. The first-order valence-electron chi connectivity index (χ1n) is 6.95. The van der Waals surface area contributed by atoms with E-state index in [9.17, 15) is 0 Å². The number of hydrogen-bond acceptors (Lipinski definition) is 5. The molecule has 1 fully saturated rings. The fourth-order valence-electron chi connectivity index (χ4n) is 2.14. The molecule has 0 aliphatic heterocycles. The molecule has 0 saturated heterocycles. The molecule has 3 N–H and O–H groups in total. The van der Waals surface area contributed by atoms with Crippen LogP contribution in [0.3, 0.4) is 0 Å². The number of pyridine rings is 1. The molecule has 1 aliphatic carbocycles. The Hall–Kier alpha value is -2.17. The molecule has 0 amide bonds. The first kappa shape index (κ1) is 12.8. The lowest BCUT2D eigenvalue weighted by molar-refractivity contribution is 0.845. The van der Waals surface area contributed by atoms with E-state index in [-0.39, 0.29) is 6.04 Å². The maximum atomic E-state index is 6.00. The van der Waals surface area contributed by atoms with E-state index in [1.807, 2.05) is 25.3 Å². The molecule has 104 valence electrons. The number of nitrogens with two attached hydrogens (primary N) is 1. The van der Waals surface area contributed by atoms with Crippen molar-refractivity contribution in [3.05, 3.63) is 41.5 Å². The van der Waals surface area contributed by atoms with Gasteiger partial charge in [-0.05, 0) is 38.3 Å². The number of nitrogens with one attached hydrogen (secondary N) is 1. The van der Waals surface area contributed by atoms with Crippen LogP contribution in [-0.2, 0) is 0 Å². The second kappa shape index (κ2) is 5.07. The first-order valence-corrected chi connectivity index (χ1v) is 6.95. The molecule has 1 atom stereocenters. The quantitative estimate of drug-likeness (QED) is 0.892. The van der Waals surface area contributed by atoms with E-state index in [4.69, 9.17) is 5.73 Å². The Bertz CT molecular complexity index is 607. The van der Waals surface area contributed by atoms with Crippen molar-refractivity contribution in [3.63, 3.8) is 0 Å². The van der Waals surface area contributed by atoms with Gasteiger partial charge in [0.15, 0.2) is 0 Å². The predicted molar refractivity (Wildman–Crippen MR) is 79.4 cm³/mol. The third-order valence-electron chi connectivity index (χ3n) is 3.68. The Labute approximate surface area is 118 Å². The SMILES string of the molecule is Cc1c(N)nc(C2CC2)nc1NC(C)c1cccnc1. The van der Waals surface area contributed by atoms with Crippen LogP contribution in [-0.4, -0.2) is 15.0 Å². The van der Waals surface area contributed by atoms with E-state index >= 15 is 0 Å². The second-order valence-electron chi connectivity index (χ2n) is 5.37. The summed E-state index contributed by atoms with van der Waals surface area (Å²) in [5.41, 5.74) is 8.03. The third kappa shape index (κ3) is 2.57. The number of aromatic nitrogens is 3. The van der Waals surface area contributed by atoms with Crippen molar-refractivity contribution in [2.75, 3.05) is 11.1 Å². The Kier molecular flexibility index (Phi) is 3.26.